The van der Waals surface area contributed by atoms with E-state index in [1.165, 1.54) is 11.8 Å². The summed E-state index contributed by atoms with van der Waals surface area (Å²) < 4.78 is 0. The van der Waals surface area contributed by atoms with Crippen LogP contribution in [-0.4, -0.2) is 36.4 Å². The van der Waals surface area contributed by atoms with E-state index in [2.05, 4.69) is 10.3 Å². The smallest absolute Gasteiger partial charge is 0.323 e. The fourth-order valence-electron chi connectivity index (χ4n) is 2.07. The monoisotopic (exact) mass is 289 g/mol. The molecule has 0 spiro atoms. The first kappa shape index (κ1) is 14.2. The average molecular weight is 289 g/mol. The Morgan fingerprint density at radius 3 is 2.90 bits per heavy atom. The molecule has 0 saturated carbocycles. The highest BCUT2D eigenvalue weighted by atomic mass is 32.2. The first-order chi connectivity index (χ1) is 9.56. The van der Waals surface area contributed by atoms with Crippen LogP contribution in [0.4, 0.5) is 16.2 Å². The number of benzene rings is 1. The first-order valence-corrected chi connectivity index (χ1v) is 7.19. The van der Waals surface area contributed by atoms with Gasteiger partial charge in [-0.1, -0.05) is 11.8 Å². The van der Waals surface area contributed by atoms with Crippen LogP contribution in [0.2, 0.25) is 0 Å². The number of thioether (sulfide) groups is 1. The second-order valence-electron chi connectivity index (χ2n) is 4.37. The van der Waals surface area contributed by atoms with Crippen molar-refractivity contribution in [3.63, 3.8) is 0 Å². The van der Waals surface area contributed by atoms with Crippen molar-refractivity contribution in [1.82, 2.24) is 10.2 Å². The summed E-state index contributed by atoms with van der Waals surface area (Å²) >= 11 is 1.37. The van der Waals surface area contributed by atoms with E-state index >= 15 is 0 Å². The van der Waals surface area contributed by atoms with E-state index in [1.54, 1.807) is 23.9 Å². The standard InChI is InChI=1S/C13H15N5OS/c1-17-7-9-6-10(16-12(20-3)15-8-14)4-5-11(9)18(2)13(17)19/h4-6H,7H2,1-3H3,(H,15,16). The van der Waals surface area contributed by atoms with Crippen molar-refractivity contribution in [3.05, 3.63) is 23.8 Å². The number of nitrogens with zero attached hydrogens (tertiary/aromatic N) is 4. The van der Waals surface area contributed by atoms with Crippen LogP contribution in [-0.2, 0) is 6.54 Å². The molecular weight excluding hydrogens is 274 g/mol. The second-order valence-corrected chi connectivity index (χ2v) is 5.16. The summed E-state index contributed by atoms with van der Waals surface area (Å²) in [6.45, 7) is 0.558. The lowest BCUT2D eigenvalue weighted by Crippen LogP contribution is -2.42. The molecule has 0 aliphatic carbocycles. The molecule has 1 N–H and O–H groups in total. The van der Waals surface area contributed by atoms with Crippen molar-refractivity contribution in [2.45, 2.75) is 6.54 Å². The summed E-state index contributed by atoms with van der Waals surface area (Å²) in [6, 6.07) is 5.63. The van der Waals surface area contributed by atoms with E-state index in [4.69, 9.17) is 5.26 Å². The van der Waals surface area contributed by atoms with E-state index in [0.29, 0.717) is 11.7 Å². The van der Waals surface area contributed by atoms with Crippen LogP contribution in [0, 0.1) is 11.5 Å². The Balaban J connectivity index is 2.36. The van der Waals surface area contributed by atoms with Gasteiger partial charge in [0.05, 0.1) is 11.4 Å². The van der Waals surface area contributed by atoms with Gasteiger partial charge in [-0.25, -0.2) is 9.79 Å². The van der Waals surface area contributed by atoms with Crippen molar-refractivity contribution < 1.29 is 4.79 Å². The van der Waals surface area contributed by atoms with Gasteiger partial charge in [0.15, 0.2) is 11.4 Å². The minimum Gasteiger partial charge on any atom is -0.323 e. The molecule has 1 heterocycles. The normalized spacial score (nSPS) is 14.9. The van der Waals surface area contributed by atoms with Gasteiger partial charge in [-0.15, -0.1) is 0 Å². The molecule has 1 aliphatic rings. The number of amides is 2. The fourth-order valence-corrected chi connectivity index (χ4v) is 2.41. The Hall–Kier alpha value is -2.20. The molecule has 7 heteroatoms. The molecule has 0 atom stereocenters. The lowest BCUT2D eigenvalue weighted by molar-refractivity contribution is 0.212. The zero-order valence-corrected chi connectivity index (χ0v) is 12.4. The fraction of sp³-hybridized carbons (Fsp3) is 0.308. The number of urea groups is 1. The van der Waals surface area contributed by atoms with Crippen LogP contribution in [0.15, 0.2) is 23.2 Å². The third-order valence-electron chi connectivity index (χ3n) is 3.03. The predicted octanol–water partition coefficient (Wildman–Crippen LogP) is 2.11. The number of nitriles is 1. The largest absolute Gasteiger partial charge is 0.324 e. The zero-order chi connectivity index (χ0) is 14.7. The number of carbonyl (C=O) groups is 1. The molecule has 2 rings (SSSR count). The minimum atomic E-state index is -0.0234. The number of aliphatic imine (C=N–C) groups is 1. The molecule has 0 radical (unpaired) electrons. The Morgan fingerprint density at radius 2 is 2.25 bits per heavy atom. The van der Waals surface area contributed by atoms with Crippen LogP contribution in [0.3, 0.4) is 0 Å². The first-order valence-electron chi connectivity index (χ1n) is 5.96. The molecular formula is C13H15N5OS. The molecule has 0 unspecified atom stereocenters. The number of anilines is 1. The van der Waals surface area contributed by atoms with E-state index in [0.717, 1.165) is 16.9 Å². The average Bonchev–Trinajstić information content (AvgIpc) is 2.44. The number of hydrogen-bond donors (Lipinski definition) is 1. The molecule has 20 heavy (non-hydrogen) atoms. The highest BCUT2D eigenvalue weighted by Crippen LogP contribution is 2.30. The van der Waals surface area contributed by atoms with Crippen molar-refractivity contribution >= 4 is 34.3 Å². The molecule has 1 aromatic carbocycles. The van der Waals surface area contributed by atoms with E-state index in [-0.39, 0.29) is 6.03 Å². The van der Waals surface area contributed by atoms with Crippen LogP contribution in [0.1, 0.15) is 5.56 Å². The number of carbonyl (C=O) groups excluding carboxylic acids is 1. The third kappa shape index (κ3) is 2.70. The molecule has 1 aliphatic heterocycles. The summed E-state index contributed by atoms with van der Waals surface area (Å²) in [5, 5.41) is 11.7. The van der Waals surface area contributed by atoms with Gasteiger partial charge in [0.25, 0.3) is 0 Å². The van der Waals surface area contributed by atoms with Gasteiger partial charge < -0.3 is 4.90 Å². The summed E-state index contributed by atoms with van der Waals surface area (Å²) in [5.74, 6) is 0. The van der Waals surface area contributed by atoms with Gasteiger partial charge in [-0.2, -0.15) is 5.26 Å². The van der Waals surface area contributed by atoms with Gasteiger partial charge in [-0.3, -0.25) is 10.2 Å². The van der Waals surface area contributed by atoms with E-state index in [1.807, 2.05) is 30.6 Å². The van der Waals surface area contributed by atoms with Crippen LogP contribution in [0.5, 0.6) is 0 Å². The molecule has 0 aromatic heterocycles. The van der Waals surface area contributed by atoms with Crippen LogP contribution < -0.4 is 10.2 Å². The Labute approximate surface area is 122 Å². The Bertz CT molecular complexity index is 607. The molecule has 2 amide bonds. The molecule has 0 fully saturated rings. The molecule has 104 valence electrons. The minimum absolute atomic E-state index is 0.0234. The summed E-state index contributed by atoms with van der Waals surface area (Å²) in [5.41, 5.74) is 2.69. The highest BCUT2D eigenvalue weighted by molar-refractivity contribution is 8.13. The Kier molecular flexibility index (Phi) is 4.15. The summed E-state index contributed by atoms with van der Waals surface area (Å²) in [7, 11) is 3.52. The second kappa shape index (κ2) is 5.84. The number of fused-ring (bicyclic) bond motifs is 1. The maximum Gasteiger partial charge on any atom is 0.324 e. The van der Waals surface area contributed by atoms with E-state index in [9.17, 15) is 4.79 Å². The van der Waals surface area contributed by atoms with Gasteiger partial charge in [0, 0.05) is 20.6 Å². The van der Waals surface area contributed by atoms with E-state index < -0.39 is 0 Å². The maximum absolute atomic E-state index is 11.9. The lowest BCUT2D eigenvalue weighted by atomic mass is 10.1. The topological polar surface area (TPSA) is 71.7 Å². The van der Waals surface area contributed by atoms with Crippen molar-refractivity contribution in [2.24, 2.45) is 4.99 Å². The SMILES string of the molecule is CSC(=Nc1ccc2c(c1)CN(C)C(=O)N2C)NC#N. The number of rotatable bonds is 1. The lowest BCUT2D eigenvalue weighted by Gasteiger charge is -2.32. The zero-order valence-electron chi connectivity index (χ0n) is 11.5. The number of amidine groups is 1. The quantitative estimate of drug-likeness (QED) is 0.372. The van der Waals surface area contributed by atoms with Crippen molar-refractivity contribution in [3.8, 4) is 6.19 Å². The van der Waals surface area contributed by atoms with Gasteiger partial charge >= 0.3 is 6.03 Å². The van der Waals surface area contributed by atoms with Gasteiger partial charge in [0.1, 0.15) is 0 Å². The summed E-state index contributed by atoms with van der Waals surface area (Å²) in [6.07, 6.45) is 3.71. The van der Waals surface area contributed by atoms with Crippen LogP contribution >= 0.6 is 11.8 Å². The van der Waals surface area contributed by atoms with Gasteiger partial charge in [-0.05, 0) is 30.0 Å². The van der Waals surface area contributed by atoms with Gasteiger partial charge in [0.2, 0.25) is 0 Å². The summed E-state index contributed by atoms with van der Waals surface area (Å²) in [4.78, 5) is 19.5. The number of nitrogens with one attached hydrogen (secondary N) is 1. The highest BCUT2D eigenvalue weighted by Gasteiger charge is 2.24. The molecule has 6 nitrogen and oxygen atoms in total. The Morgan fingerprint density at radius 1 is 1.50 bits per heavy atom. The van der Waals surface area contributed by atoms with Crippen molar-refractivity contribution in [1.29, 1.82) is 5.26 Å². The number of hydrogen-bond acceptors (Lipinski definition) is 4. The maximum atomic E-state index is 11.9. The molecule has 0 bridgehead atoms. The van der Waals surface area contributed by atoms with Crippen LogP contribution in [0.25, 0.3) is 0 Å². The molecule has 1 aromatic rings. The predicted molar refractivity (Wildman–Crippen MR) is 81.1 cm³/mol. The molecule has 0 saturated heterocycles. The van der Waals surface area contributed by atoms with Crippen molar-refractivity contribution in [2.75, 3.05) is 25.3 Å². The third-order valence-corrected chi connectivity index (χ3v) is 3.61.